The Kier molecular flexibility index (Phi) is 4.63. The van der Waals surface area contributed by atoms with Crippen LogP contribution in [0.25, 0.3) is 11.0 Å². The lowest BCUT2D eigenvalue weighted by molar-refractivity contribution is -0.143. The summed E-state index contributed by atoms with van der Waals surface area (Å²) in [4.78, 5) is 16.3. The maximum atomic E-state index is 11.9. The maximum absolute atomic E-state index is 11.9. The molecule has 1 aromatic heterocycles. The molecule has 0 aliphatic heterocycles. The van der Waals surface area contributed by atoms with Crippen molar-refractivity contribution in [1.29, 1.82) is 0 Å². The lowest BCUT2D eigenvalue weighted by atomic mass is 10.1. The number of carbonyl (C=O) groups is 1. The third-order valence-electron chi connectivity index (χ3n) is 3.64. The first kappa shape index (κ1) is 15.5. The lowest BCUT2D eigenvalue weighted by Gasteiger charge is -2.19. The predicted octanol–water partition coefficient (Wildman–Crippen LogP) is 2.19. The summed E-state index contributed by atoms with van der Waals surface area (Å²) in [6.07, 6.45) is 1.78. The number of methoxy groups -OCH3 is 1. The van der Waals surface area contributed by atoms with E-state index in [1.807, 2.05) is 18.4 Å². The van der Waals surface area contributed by atoms with E-state index in [1.165, 1.54) is 18.2 Å². The van der Waals surface area contributed by atoms with E-state index in [0.29, 0.717) is 6.54 Å². The van der Waals surface area contributed by atoms with Crippen LogP contribution >= 0.6 is 0 Å². The lowest BCUT2D eigenvalue weighted by Crippen LogP contribution is -2.44. The van der Waals surface area contributed by atoms with Gasteiger partial charge >= 0.3 is 5.97 Å². The average Bonchev–Trinajstić information content (AvgIpc) is 2.79. The third kappa shape index (κ3) is 3.42. The first-order valence-corrected chi connectivity index (χ1v) is 7.18. The Morgan fingerprint density at radius 1 is 1.33 bits per heavy atom. The molecule has 1 heterocycles. The molecule has 2 rings (SSSR count). The minimum Gasteiger partial charge on any atom is -0.468 e. The summed E-state index contributed by atoms with van der Waals surface area (Å²) in [6, 6.07) is 4.01. The van der Waals surface area contributed by atoms with Gasteiger partial charge in [-0.2, -0.15) is 0 Å². The number of ether oxygens (including phenoxy) is 1. The Balaban J connectivity index is 2.32. The van der Waals surface area contributed by atoms with Crippen molar-refractivity contribution in [3.63, 3.8) is 0 Å². The number of fused-ring (bicyclic) bond motifs is 1. The van der Waals surface area contributed by atoms with Crippen LogP contribution < -0.4 is 5.32 Å². The average molecular weight is 289 g/mol. The van der Waals surface area contributed by atoms with Gasteiger partial charge in [-0.05, 0) is 37.1 Å². The zero-order valence-electron chi connectivity index (χ0n) is 13.3. The van der Waals surface area contributed by atoms with E-state index in [0.717, 1.165) is 11.0 Å². The van der Waals surface area contributed by atoms with Crippen LogP contribution in [0.2, 0.25) is 0 Å². The highest BCUT2D eigenvalue weighted by Gasteiger charge is 2.21. The Morgan fingerprint density at radius 2 is 2.00 bits per heavy atom. The Labute approximate surface area is 125 Å². The maximum Gasteiger partial charge on any atom is 0.324 e. The second-order valence-electron chi connectivity index (χ2n) is 5.72. The summed E-state index contributed by atoms with van der Waals surface area (Å²) < 4.78 is 6.88. The molecule has 0 aliphatic rings. The summed E-state index contributed by atoms with van der Waals surface area (Å²) in [6.45, 7) is 8.68. The van der Waals surface area contributed by atoms with Crippen LogP contribution in [0, 0.1) is 13.8 Å². The molecule has 0 saturated carbocycles. The van der Waals surface area contributed by atoms with Crippen molar-refractivity contribution in [2.75, 3.05) is 7.11 Å². The fourth-order valence-electron chi connectivity index (χ4n) is 2.40. The van der Waals surface area contributed by atoms with Gasteiger partial charge < -0.3 is 14.6 Å². The second kappa shape index (κ2) is 6.26. The van der Waals surface area contributed by atoms with Crippen LogP contribution in [0.5, 0.6) is 0 Å². The SMILES string of the molecule is COC(=O)C(Cn1cnc2cc(C)c(C)cc21)NC(C)C. The van der Waals surface area contributed by atoms with Crippen LogP contribution in [0.4, 0.5) is 0 Å². The van der Waals surface area contributed by atoms with Crippen LogP contribution in [-0.2, 0) is 16.1 Å². The minimum atomic E-state index is -0.381. The van der Waals surface area contributed by atoms with Gasteiger partial charge in [-0.15, -0.1) is 0 Å². The number of carbonyl (C=O) groups excluding carboxylic acids is 1. The third-order valence-corrected chi connectivity index (χ3v) is 3.64. The van der Waals surface area contributed by atoms with Gasteiger partial charge in [0.05, 0.1) is 31.0 Å². The number of nitrogens with zero attached hydrogens (tertiary/aromatic N) is 2. The van der Waals surface area contributed by atoms with Crippen LogP contribution in [0.3, 0.4) is 0 Å². The summed E-state index contributed by atoms with van der Waals surface area (Å²) in [7, 11) is 1.41. The molecule has 1 aromatic carbocycles. The quantitative estimate of drug-likeness (QED) is 0.857. The molecule has 114 valence electrons. The molecular formula is C16H23N3O2. The highest BCUT2D eigenvalue weighted by molar-refractivity contribution is 5.79. The van der Waals surface area contributed by atoms with Crippen molar-refractivity contribution >= 4 is 17.0 Å². The van der Waals surface area contributed by atoms with Crippen molar-refractivity contribution in [2.45, 2.75) is 46.3 Å². The Morgan fingerprint density at radius 3 is 2.62 bits per heavy atom. The van der Waals surface area contributed by atoms with Gasteiger partial charge in [0.15, 0.2) is 0 Å². The number of aromatic nitrogens is 2. The zero-order chi connectivity index (χ0) is 15.6. The van der Waals surface area contributed by atoms with Gasteiger partial charge in [-0.3, -0.25) is 4.79 Å². The molecule has 0 amide bonds. The van der Waals surface area contributed by atoms with E-state index in [9.17, 15) is 4.79 Å². The van der Waals surface area contributed by atoms with Crippen molar-refractivity contribution in [3.05, 3.63) is 29.6 Å². The van der Waals surface area contributed by atoms with Crippen LogP contribution in [0.15, 0.2) is 18.5 Å². The normalized spacial score (nSPS) is 12.9. The molecule has 0 radical (unpaired) electrons. The van der Waals surface area contributed by atoms with Crippen molar-refractivity contribution in [2.24, 2.45) is 0 Å². The fraction of sp³-hybridized carbons (Fsp3) is 0.500. The highest BCUT2D eigenvalue weighted by Crippen LogP contribution is 2.18. The number of aryl methyl sites for hydroxylation is 2. The molecule has 5 heteroatoms. The van der Waals surface area contributed by atoms with Crippen molar-refractivity contribution < 1.29 is 9.53 Å². The number of rotatable bonds is 5. The highest BCUT2D eigenvalue weighted by atomic mass is 16.5. The number of hydrogen-bond donors (Lipinski definition) is 1. The summed E-state index contributed by atoms with van der Waals surface area (Å²) in [5, 5.41) is 3.24. The molecule has 1 atom stereocenters. The molecule has 0 spiro atoms. The van der Waals surface area contributed by atoms with Gasteiger partial charge in [-0.25, -0.2) is 4.98 Å². The second-order valence-corrected chi connectivity index (χ2v) is 5.72. The fourth-order valence-corrected chi connectivity index (χ4v) is 2.40. The van der Waals surface area contributed by atoms with E-state index >= 15 is 0 Å². The van der Waals surface area contributed by atoms with E-state index in [1.54, 1.807) is 6.33 Å². The molecule has 0 saturated heterocycles. The molecule has 21 heavy (non-hydrogen) atoms. The van der Waals surface area contributed by atoms with Crippen molar-refractivity contribution in [3.8, 4) is 0 Å². The number of hydrogen-bond acceptors (Lipinski definition) is 4. The van der Waals surface area contributed by atoms with E-state index < -0.39 is 0 Å². The standard InChI is InChI=1S/C16H23N3O2/c1-10(2)18-14(16(20)21-5)8-19-9-17-13-6-11(3)12(4)7-15(13)19/h6-7,9-10,14,18H,8H2,1-5H3. The van der Waals surface area contributed by atoms with Gasteiger partial charge in [0.2, 0.25) is 0 Å². The molecular weight excluding hydrogens is 266 g/mol. The Hall–Kier alpha value is -1.88. The zero-order valence-corrected chi connectivity index (χ0v) is 13.3. The number of nitrogens with one attached hydrogen (secondary N) is 1. The van der Waals surface area contributed by atoms with Gasteiger partial charge in [0.25, 0.3) is 0 Å². The smallest absolute Gasteiger partial charge is 0.324 e. The Bertz CT molecular complexity index is 646. The number of benzene rings is 1. The van der Waals surface area contributed by atoms with E-state index in [4.69, 9.17) is 4.74 Å². The van der Waals surface area contributed by atoms with Crippen molar-refractivity contribution in [1.82, 2.24) is 14.9 Å². The predicted molar refractivity (Wildman–Crippen MR) is 83.3 cm³/mol. The first-order chi connectivity index (χ1) is 9.92. The van der Waals surface area contributed by atoms with Gasteiger partial charge in [0, 0.05) is 6.04 Å². The molecule has 1 N–H and O–H groups in total. The van der Waals surface area contributed by atoms with Gasteiger partial charge in [-0.1, -0.05) is 13.8 Å². The summed E-state index contributed by atoms with van der Waals surface area (Å²) in [5.74, 6) is -0.255. The van der Waals surface area contributed by atoms with Gasteiger partial charge in [0.1, 0.15) is 6.04 Å². The molecule has 0 fully saturated rings. The van der Waals surface area contributed by atoms with Crippen LogP contribution in [0.1, 0.15) is 25.0 Å². The minimum absolute atomic E-state index is 0.202. The van der Waals surface area contributed by atoms with Crippen LogP contribution in [-0.4, -0.2) is 34.7 Å². The first-order valence-electron chi connectivity index (χ1n) is 7.18. The summed E-state index contributed by atoms with van der Waals surface area (Å²) >= 11 is 0. The molecule has 5 nitrogen and oxygen atoms in total. The largest absolute Gasteiger partial charge is 0.468 e. The molecule has 1 unspecified atom stereocenters. The summed E-state index contributed by atoms with van der Waals surface area (Å²) in [5.41, 5.74) is 4.43. The van der Waals surface area contributed by atoms with E-state index in [2.05, 4.69) is 36.3 Å². The monoisotopic (exact) mass is 289 g/mol. The molecule has 0 aliphatic carbocycles. The number of esters is 1. The molecule has 0 bridgehead atoms. The number of imidazole rings is 1. The molecule has 2 aromatic rings. The van der Waals surface area contributed by atoms with E-state index in [-0.39, 0.29) is 18.1 Å². The topological polar surface area (TPSA) is 56.2 Å².